The van der Waals surface area contributed by atoms with Crippen LogP contribution >= 0.6 is 11.6 Å². The van der Waals surface area contributed by atoms with Crippen LogP contribution in [0.3, 0.4) is 0 Å². The summed E-state index contributed by atoms with van der Waals surface area (Å²) in [5.41, 5.74) is 5.98. The van der Waals surface area contributed by atoms with Gasteiger partial charge < -0.3 is 4.98 Å². The maximum Gasteiger partial charge on any atom is 0.199 e. The number of nitrogens with one attached hydrogen (secondary N) is 1. The summed E-state index contributed by atoms with van der Waals surface area (Å²) in [5, 5.41) is 2.78. The van der Waals surface area contributed by atoms with Gasteiger partial charge in [-0.3, -0.25) is 4.79 Å². The Bertz CT molecular complexity index is 1460. The summed E-state index contributed by atoms with van der Waals surface area (Å²) in [6.07, 6.45) is 0. The van der Waals surface area contributed by atoms with Crippen LogP contribution in [0.25, 0.3) is 44.0 Å². The monoisotopic (exact) mass is 384 g/mol. The van der Waals surface area contributed by atoms with Crippen LogP contribution in [0.15, 0.2) is 65.5 Å². The average Bonchev–Trinajstić information content (AvgIpc) is 2.68. The molecule has 1 N–H and O–H groups in total. The number of aromatic nitrogens is 2. The molecule has 0 unspecified atom stereocenters. The fourth-order valence-electron chi connectivity index (χ4n) is 3.85. The van der Waals surface area contributed by atoms with Gasteiger partial charge in [-0.25, -0.2) is 4.98 Å². The zero-order chi connectivity index (χ0) is 19.4. The van der Waals surface area contributed by atoms with Gasteiger partial charge in [0.15, 0.2) is 5.43 Å². The minimum absolute atomic E-state index is 0.0294. The molecule has 0 amide bonds. The Morgan fingerprint density at radius 1 is 0.893 bits per heavy atom. The number of rotatable bonds is 1. The Hall–Kier alpha value is -3.17. The second-order valence-corrected chi connectivity index (χ2v) is 7.62. The highest BCUT2D eigenvalue weighted by Gasteiger charge is 2.18. The van der Waals surface area contributed by atoms with Crippen molar-refractivity contribution in [3.63, 3.8) is 0 Å². The molecule has 0 atom stereocenters. The van der Waals surface area contributed by atoms with Crippen LogP contribution < -0.4 is 5.43 Å². The molecule has 0 aliphatic carbocycles. The van der Waals surface area contributed by atoms with E-state index >= 15 is 0 Å². The van der Waals surface area contributed by atoms with Crippen LogP contribution in [0.1, 0.15) is 11.1 Å². The van der Waals surface area contributed by atoms with E-state index in [1.165, 1.54) is 0 Å². The minimum Gasteiger partial charge on any atom is -0.339 e. The molecule has 0 radical (unpaired) electrons. The highest BCUT2D eigenvalue weighted by atomic mass is 35.5. The van der Waals surface area contributed by atoms with E-state index < -0.39 is 0 Å². The summed E-state index contributed by atoms with van der Waals surface area (Å²) in [6, 6.07) is 19.6. The maximum absolute atomic E-state index is 13.6. The third-order valence-corrected chi connectivity index (χ3v) is 5.51. The van der Waals surface area contributed by atoms with Crippen molar-refractivity contribution >= 4 is 44.4 Å². The summed E-state index contributed by atoms with van der Waals surface area (Å²) in [4.78, 5) is 21.7. The van der Waals surface area contributed by atoms with Gasteiger partial charge in [0.2, 0.25) is 0 Å². The van der Waals surface area contributed by atoms with E-state index in [0.717, 1.165) is 38.7 Å². The van der Waals surface area contributed by atoms with E-state index in [9.17, 15) is 4.79 Å². The van der Waals surface area contributed by atoms with Gasteiger partial charge in [-0.1, -0.05) is 53.1 Å². The third-order valence-electron chi connectivity index (χ3n) is 5.18. The zero-order valence-electron chi connectivity index (χ0n) is 15.5. The SMILES string of the molecule is Cc1ccc2nc3[nH]c4ccc(C)cc4c(=O)c3c(-c3ccccc3Cl)c2c1. The molecule has 3 aromatic carbocycles. The predicted octanol–water partition coefficient (Wildman–Crippen LogP) is 6.17. The van der Waals surface area contributed by atoms with Crippen LogP contribution in [0.4, 0.5) is 0 Å². The van der Waals surface area contributed by atoms with Crippen LogP contribution in [0.5, 0.6) is 0 Å². The third kappa shape index (κ3) is 2.51. The van der Waals surface area contributed by atoms with E-state index in [1.807, 2.05) is 68.4 Å². The van der Waals surface area contributed by atoms with Crippen molar-refractivity contribution < 1.29 is 0 Å². The summed E-state index contributed by atoms with van der Waals surface area (Å²) < 4.78 is 0. The standard InChI is InChI=1S/C24H17ClN2O/c1-13-7-9-19-16(11-13)21(15-5-3-4-6-18(15)25)22-23(28)17-12-14(2)8-10-20(17)27-24(22)26-19/h3-12H,1-2H3,(H,26,27,28). The zero-order valence-corrected chi connectivity index (χ0v) is 16.3. The van der Waals surface area contributed by atoms with Gasteiger partial charge in [-0.15, -0.1) is 0 Å². The molecule has 5 aromatic rings. The first-order valence-electron chi connectivity index (χ1n) is 9.14. The van der Waals surface area contributed by atoms with Crippen molar-refractivity contribution in [2.45, 2.75) is 13.8 Å². The molecule has 2 aromatic heterocycles. The number of nitrogens with zero attached hydrogens (tertiary/aromatic N) is 1. The van der Waals surface area contributed by atoms with Crippen molar-refractivity contribution in [1.82, 2.24) is 9.97 Å². The molecule has 0 aliphatic heterocycles. The lowest BCUT2D eigenvalue weighted by Gasteiger charge is -2.14. The number of aromatic amines is 1. The van der Waals surface area contributed by atoms with Crippen molar-refractivity contribution in [2.24, 2.45) is 0 Å². The number of benzene rings is 3. The second-order valence-electron chi connectivity index (χ2n) is 7.21. The van der Waals surface area contributed by atoms with Crippen LogP contribution in [-0.2, 0) is 0 Å². The maximum atomic E-state index is 13.6. The van der Waals surface area contributed by atoms with Crippen LogP contribution in [-0.4, -0.2) is 9.97 Å². The predicted molar refractivity (Wildman–Crippen MR) is 117 cm³/mol. The molecule has 0 fully saturated rings. The lowest BCUT2D eigenvalue weighted by atomic mass is 9.95. The van der Waals surface area contributed by atoms with Gasteiger partial charge in [-0.05, 0) is 44.2 Å². The van der Waals surface area contributed by atoms with Gasteiger partial charge in [0.1, 0.15) is 5.65 Å². The topological polar surface area (TPSA) is 45.8 Å². The second kappa shape index (κ2) is 6.18. The molecule has 28 heavy (non-hydrogen) atoms. The van der Waals surface area contributed by atoms with Gasteiger partial charge in [-0.2, -0.15) is 0 Å². The van der Waals surface area contributed by atoms with Crippen LogP contribution in [0.2, 0.25) is 5.02 Å². The first-order chi connectivity index (χ1) is 13.5. The molecule has 0 saturated carbocycles. The van der Waals surface area contributed by atoms with Gasteiger partial charge in [0, 0.05) is 26.9 Å². The quantitative estimate of drug-likeness (QED) is 0.351. The molecule has 0 aliphatic rings. The van der Waals surface area contributed by atoms with Crippen molar-refractivity contribution in [3.8, 4) is 11.1 Å². The summed E-state index contributed by atoms with van der Waals surface area (Å²) in [5.74, 6) is 0. The lowest BCUT2D eigenvalue weighted by molar-refractivity contribution is 1.35. The number of halogens is 1. The number of H-pyrrole nitrogens is 1. The van der Waals surface area contributed by atoms with E-state index in [0.29, 0.717) is 21.4 Å². The Kier molecular flexibility index (Phi) is 3.74. The number of pyridine rings is 2. The smallest absolute Gasteiger partial charge is 0.199 e. The van der Waals surface area contributed by atoms with Crippen molar-refractivity contribution in [2.75, 3.05) is 0 Å². The number of fused-ring (bicyclic) bond motifs is 3. The Morgan fingerprint density at radius 3 is 2.39 bits per heavy atom. The largest absolute Gasteiger partial charge is 0.339 e. The summed E-state index contributed by atoms with van der Waals surface area (Å²) >= 11 is 6.56. The number of hydrogen-bond acceptors (Lipinski definition) is 2. The van der Waals surface area contributed by atoms with Crippen LogP contribution in [0, 0.1) is 13.8 Å². The normalized spacial score (nSPS) is 11.5. The van der Waals surface area contributed by atoms with Gasteiger partial charge in [0.05, 0.1) is 16.4 Å². The molecule has 3 nitrogen and oxygen atoms in total. The van der Waals surface area contributed by atoms with E-state index in [1.54, 1.807) is 0 Å². The first-order valence-corrected chi connectivity index (χ1v) is 9.52. The highest BCUT2D eigenvalue weighted by Crippen LogP contribution is 2.37. The average molecular weight is 385 g/mol. The molecule has 0 saturated heterocycles. The van der Waals surface area contributed by atoms with Gasteiger partial charge >= 0.3 is 0 Å². The molecular weight excluding hydrogens is 368 g/mol. The fraction of sp³-hybridized carbons (Fsp3) is 0.0833. The van der Waals surface area contributed by atoms with Crippen molar-refractivity contribution in [1.29, 1.82) is 0 Å². The molecule has 4 heteroatoms. The van der Waals surface area contributed by atoms with Gasteiger partial charge in [0.25, 0.3) is 0 Å². The first kappa shape index (κ1) is 17.0. The molecular formula is C24H17ClN2O. The van der Waals surface area contributed by atoms with E-state index in [4.69, 9.17) is 16.6 Å². The molecule has 2 heterocycles. The van der Waals surface area contributed by atoms with E-state index in [-0.39, 0.29) is 5.43 Å². The fourth-order valence-corrected chi connectivity index (χ4v) is 4.08. The Labute approximate surface area is 166 Å². The molecule has 0 spiro atoms. The highest BCUT2D eigenvalue weighted by molar-refractivity contribution is 6.34. The summed E-state index contributed by atoms with van der Waals surface area (Å²) in [7, 11) is 0. The number of hydrogen-bond donors (Lipinski definition) is 1. The van der Waals surface area contributed by atoms with E-state index in [2.05, 4.69) is 11.1 Å². The Morgan fingerprint density at radius 2 is 1.61 bits per heavy atom. The molecule has 5 rings (SSSR count). The summed E-state index contributed by atoms with van der Waals surface area (Å²) in [6.45, 7) is 4.02. The molecule has 136 valence electrons. The van der Waals surface area contributed by atoms with Crippen molar-refractivity contribution in [3.05, 3.63) is 87.0 Å². The number of aryl methyl sites for hydroxylation is 2. The lowest BCUT2D eigenvalue weighted by Crippen LogP contribution is -2.08. The minimum atomic E-state index is -0.0294. The Balaban J connectivity index is 2.10. The molecule has 0 bridgehead atoms.